The SMILES string of the molecule is COc1ccccc1NC(=O)C1=C(C)NC(=O)NC1c1ccc(C(C)(C)C)cc1. The Morgan fingerprint density at radius 3 is 2.34 bits per heavy atom. The first-order valence-electron chi connectivity index (χ1n) is 9.54. The second kappa shape index (κ2) is 7.99. The molecule has 2 aromatic rings. The zero-order valence-electron chi connectivity index (χ0n) is 17.4. The molecule has 0 aromatic heterocycles. The van der Waals surface area contributed by atoms with E-state index in [2.05, 4.69) is 36.7 Å². The van der Waals surface area contributed by atoms with Crippen LogP contribution >= 0.6 is 0 Å². The van der Waals surface area contributed by atoms with Gasteiger partial charge in [-0.3, -0.25) is 4.79 Å². The first-order valence-corrected chi connectivity index (χ1v) is 9.54. The number of anilines is 1. The molecule has 0 saturated carbocycles. The van der Waals surface area contributed by atoms with Crippen LogP contribution in [0.3, 0.4) is 0 Å². The largest absolute Gasteiger partial charge is 0.495 e. The summed E-state index contributed by atoms with van der Waals surface area (Å²) < 4.78 is 5.32. The van der Waals surface area contributed by atoms with Gasteiger partial charge >= 0.3 is 6.03 Å². The number of hydrogen-bond acceptors (Lipinski definition) is 3. The van der Waals surface area contributed by atoms with Gasteiger partial charge in [0.25, 0.3) is 5.91 Å². The van der Waals surface area contributed by atoms with Crippen LogP contribution in [0.25, 0.3) is 0 Å². The summed E-state index contributed by atoms with van der Waals surface area (Å²) in [7, 11) is 1.55. The van der Waals surface area contributed by atoms with Crippen LogP contribution < -0.4 is 20.7 Å². The van der Waals surface area contributed by atoms with Gasteiger partial charge in [-0.05, 0) is 35.6 Å². The van der Waals surface area contributed by atoms with Gasteiger partial charge in [-0.2, -0.15) is 0 Å². The minimum atomic E-state index is -0.549. The van der Waals surface area contributed by atoms with Crippen molar-refractivity contribution in [1.29, 1.82) is 0 Å². The molecule has 3 amide bonds. The average Bonchev–Trinajstić information content (AvgIpc) is 2.67. The van der Waals surface area contributed by atoms with Gasteiger partial charge in [-0.15, -0.1) is 0 Å². The fraction of sp³-hybridized carbons (Fsp3) is 0.304. The van der Waals surface area contributed by atoms with Gasteiger partial charge in [-0.1, -0.05) is 57.2 Å². The van der Waals surface area contributed by atoms with Crippen molar-refractivity contribution < 1.29 is 14.3 Å². The van der Waals surface area contributed by atoms with E-state index in [1.165, 1.54) is 5.56 Å². The molecule has 1 unspecified atom stereocenters. The van der Waals surface area contributed by atoms with Gasteiger partial charge in [0.05, 0.1) is 24.4 Å². The molecule has 0 aliphatic carbocycles. The van der Waals surface area contributed by atoms with E-state index >= 15 is 0 Å². The number of hydrogen-bond donors (Lipinski definition) is 3. The van der Waals surface area contributed by atoms with E-state index in [4.69, 9.17) is 4.74 Å². The van der Waals surface area contributed by atoms with Crippen LogP contribution in [0.5, 0.6) is 5.75 Å². The van der Waals surface area contributed by atoms with Crippen LogP contribution in [-0.4, -0.2) is 19.0 Å². The lowest BCUT2D eigenvalue weighted by Gasteiger charge is -2.29. The molecule has 29 heavy (non-hydrogen) atoms. The Kier molecular flexibility index (Phi) is 5.64. The number of urea groups is 1. The fourth-order valence-electron chi connectivity index (χ4n) is 3.36. The van der Waals surface area contributed by atoms with Gasteiger partial charge in [0.1, 0.15) is 5.75 Å². The molecule has 6 nitrogen and oxygen atoms in total. The smallest absolute Gasteiger partial charge is 0.319 e. The number of rotatable bonds is 4. The van der Waals surface area contributed by atoms with Crippen molar-refractivity contribution in [2.75, 3.05) is 12.4 Å². The molecule has 0 radical (unpaired) electrons. The van der Waals surface area contributed by atoms with Crippen LogP contribution in [0.15, 0.2) is 59.8 Å². The summed E-state index contributed by atoms with van der Waals surface area (Å²) >= 11 is 0. The van der Waals surface area contributed by atoms with E-state index in [0.717, 1.165) is 5.56 Å². The highest BCUT2D eigenvalue weighted by molar-refractivity contribution is 6.07. The van der Waals surface area contributed by atoms with Crippen LogP contribution in [0.2, 0.25) is 0 Å². The molecular weight excluding hydrogens is 366 g/mol. The van der Waals surface area contributed by atoms with Crippen LogP contribution in [-0.2, 0) is 10.2 Å². The lowest BCUT2D eigenvalue weighted by atomic mass is 9.85. The third-order valence-electron chi connectivity index (χ3n) is 4.98. The fourth-order valence-corrected chi connectivity index (χ4v) is 3.36. The first-order chi connectivity index (χ1) is 13.7. The van der Waals surface area contributed by atoms with Crippen molar-refractivity contribution in [1.82, 2.24) is 10.6 Å². The molecule has 0 saturated heterocycles. The number of amides is 3. The standard InChI is InChI=1S/C23H27N3O3/c1-14-19(21(27)25-17-8-6-7-9-18(17)29-5)20(26-22(28)24-14)15-10-12-16(13-11-15)23(2,3)4/h6-13,20H,1-5H3,(H,25,27)(H2,24,26,28). The van der Waals surface area contributed by atoms with E-state index in [9.17, 15) is 9.59 Å². The zero-order valence-corrected chi connectivity index (χ0v) is 17.4. The van der Waals surface area contributed by atoms with Gasteiger partial charge in [0.2, 0.25) is 0 Å². The van der Waals surface area contributed by atoms with Crippen molar-refractivity contribution in [2.45, 2.75) is 39.2 Å². The second-order valence-corrected chi connectivity index (χ2v) is 8.10. The van der Waals surface area contributed by atoms with Crippen molar-refractivity contribution >= 4 is 17.6 Å². The maximum absolute atomic E-state index is 13.1. The summed E-state index contributed by atoms with van der Waals surface area (Å²) in [5.74, 6) is 0.266. The first kappa shape index (κ1) is 20.5. The number of allylic oxidation sites excluding steroid dienone is 1. The van der Waals surface area contributed by atoms with Gasteiger partial charge in [0.15, 0.2) is 0 Å². The number of carbonyl (C=O) groups is 2. The molecule has 0 fully saturated rings. The van der Waals surface area contributed by atoms with E-state index < -0.39 is 6.04 Å². The Morgan fingerprint density at radius 2 is 1.72 bits per heavy atom. The van der Waals surface area contributed by atoms with Crippen molar-refractivity contribution in [3.63, 3.8) is 0 Å². The number of ether oxygens (including phenoxy) is 1. The normalized spacial score (nSPS) is 16.7. The third kappa shape index (κ3) is 4.42. The quantitative estimate of drug-likeness (QED) is 0.726. The number of methoxy groups -OCH3 is 1. The zero-order chi connectivity index (χ0) is 21.2. The minimum Gasteiger partial charge on any atom is -0.495 e. The highest BCUT2D eigenvalue weighted by Crippen LogP contribution is 2.31. The van der Waals surface area contributed by atoms with E-state index in [0.29, 0.717) is 22.7 Å². The maximum Gasteiger partial charge on any atom is 0.319 e. The summed E-state index contributed by atoms with van der Waals surface area (Å²) in [6.07, 6.45) is 0. The topological polar surface area (TPSA) is 79.5 Å². The highest BCUT2D eigenvalue weighted by atomic mass is 16.5. The molecule has 3 rings (SSSR count). The summed E-state index contributed by atoms with van der Waals surface area (Å²) in [6, 6.07) is 14.3. The summed E-state index contributed by atoms with van der Waals surface area (Å²) in [5, 5.41) is 8.46. The Balaban J connectivity index is 1.94. The lowest BCUT2D eigenvalue weighted by Crippen LogP contribution is -2.46. The Bertz CT molecular complexity index is 956. The van der Waals surface area contributed by atoms with Crippen LogP contribution in [0, 0.1) is 0 Å². The molecule has 0 spiro atoms. The molecule has 1 atom stereocenters. The Morgan fingerprint density at radius 1 is 1.07 bits per heavy atom. The van der Waals surface area contributed by atoms with Crippen molar-refractivity contribution in [2.24, 2.45) is 0 Å². The molecule has 1 heterocycles. The van der Waals surface area contributed by atoms with E-state index in [-0.39, 0.29) is 17.4 Å². The van der Waals surface area contributed by atoms with E-state index in [1.807, 2.05) is 36.4 Å². The monoisotopic (exact) mass is 393 g/mol. The lowest BCUT2D eigenvalue weighted by molar-refractivity contribution is -0.113. The summed E-state index contributed by atoms with van der Waals surface area (Å²) in [4.78, 5) is 25.2. The van der Waals surface area contributed by atoms with Gasteiger partial charge in [0, 0.05) is 5.70 Å². The van der Waals surface area contributed by atoms with Crippen molar-refractivity contribution in [3.05, 3.63) is 70.9 Å². The number of benzene rings is 2. The number of carbonyl (C=O) groups excluding carboxylic acids is 2. The van der Waals surface area contributed by atoms with Gasteiger partial charge < -0.3 is 20.7 Å². The van der Waals surface area contributed by atoms with E-state index in [1.54, 1.807) is 26.2 Å². The summed E-state index contributed by atoms with van der Waals surface area (Å²) in [6.45, 7) is 8.16. The molecule has 1 aliphatic heterocycles. The Hall–Kier alpha value is -3.28. The van der Waals surface area contributed by atoms with Crippen LogP contribution in [0.4, 0.5) is 10.5 Å². The van der Waals surface area contributed by atoms with Crippen molar-refractivity contribution in [3.8, 4) is 5.75 Å². The number of para-hydroxylation sites is 2. The van der Waals surface area contributed by atoms with Gasteiger partial charge in [-0.25, -0.2) is 4.79 Å². The molecular formula is C23H27N3O3. The predicted octanol–water partition coefficient (Wildman–Crippen LogP) is 4.26. The predicted molar refractivity (Wildman–Crippen MR) is 114 cm³/mol. The molecule has 1 aliphatic rings. The summed E-state index contributed by atoms with van der Waals surface area (Å²) in [5.41, 5.74) is 3.59. The maximum atomic E-state index is 13.1. The van der Waals surface area contributed by atoms with Crippen LogP contribution in [0.1, 0.15) is 44.9 Å². The molecule has 3 N–H and O–H groups in total. The molecule has 152 valence electrons. The number of nitrogens with one attached hydrogen (secondary N) is 3. The molecule has 6 heteroatoms. The third-order valence-corrected chi connectivity index (χ3v) is 4.98. The Labute approximate surface area is 171 Å². The molecule has 2 aromatic carbocycles. The molecule has 0 bridgehead atoms. The highest BCUT2D eigenvalue weighted by Gasteiger charge is 2.31. The second-order valence-electron chi connectivity index (χ2n) is 8.10. The minimum absolute atomic E-state index is 0.0196. The average molecular weight is 393 g/mol.